The molecular weight excluding hydrogens is 256 g/mol. The fraction of sp³-hybridized carbons (Fsp3) is 0.688. The van der Waals surface area contributed by atoms with E-state index in [-0.39, 0.29) is 0 Å². The lowest BCUT2D eigenvalue weighted by molar-refractivity contribution is 0.0862. The Hall–Kier alpha value is -0.670. The van der Waals surface area contributed by atoms with Crippen LogP contribution in [-0.2, 0) is 17.6 Å². The molecule has 0 spiro atoms. The summed E-state index contributed by atoms with van der Waals surface area (Å²) in [6.45, 7) is 0.881. The summed E-state index contributed by atoms with van der Waals surface area (Å²) in [4.78, 5) is 14.7. The Balaban J connectivity index is 1.60. The first-order valence-corrected chi connectivity index (χ1v) is 8.41. The highest BCUT2D eigenvalue weighted by Crippen LogP contribution is 2.30. The van der Waals surface area contributed by atoms with E-state index in [4.69, 9.17) is 4.74 Å². The van der Waals surface area contributed by atoms with Gasteiger partial charge in [-0.3, -0.25) is 4.79 Å². The standard InChI is InChI=1S/C16H22O2S/c17-14(9-8-13-6-4-10-18-13)16-11-12-5-2-1-3-7-15(12)19-16/h11,13H,1-10H2. The van der Waals surface area contributed by atoms with Crippen molar-refractivity contribution in [1.29, 1.82) is 0 Å². The lowest BCUT2D eigenvalue weighted by atomic mass is 10.1. The second-order valence-electron chi connectivity index (χ2n) is 5.72. The van der Waals surface area contributed by atoms with Crippen molar-refractivity contribution < 1.29 is 9.53 Å². The highest BCUT2D eigenvalue weighted by Gasteiger charge is 2.20. The van der Waals surface area contributed by atoms with E-state index >= 15 is 0 Å². The summed E-state index contributed by atoms with van der Waals surface area (Å²) in [5.74, 6) is 0.327. The second-order valence-corrected chi connectivity index (χ2v) is 6.85. The zero-order chi connectivity index (χ0) is 13.1. The van der Waals surface area contributed by atoms with E-state index in [1.165, 1.54) is 42.5 Å². The van der Waals surface area contributed by atoms with Gasteiger partial charge in [-0.2, -0.15) is 0 Å². The van der Waals surface area contributed by atoms with Crippen molar-refractivity contribution >= 4 is 17.1 Å². The van der Waals surface area contributed by atoms with Gasteiger partial charge >= 0.3 is 0 Å². The van der Waals surface area contributed by atoms with Gasteiger partial charge in [0.25, 0.3) is 0 Å². The lowest BCUT2D eigenvalue weighted by Gasteiger charge is -2.07. The van der Waals surface area contributed by atoms with Crippen LogP contribution in [-0.4, -0.2) is 18.5 Å². The van der Waals surface area contributed by atoms with Crippen LogP contribution in [0.5, 0.6) is 0 Å². The predicted octanol–water partition coefficient (Wildman–Crippen LogP) is 4.16. The summed E-state index contributed by atoms with van der Waals surface area (Å²) in [5, 5.41) is 0. The SMILES string of the molecule is O=C(CCC1CCCO1)c1cc2c(s1)CCCCC2. The molecule has 2 heterocycles. The minimum Gasteiger partial charge on any atom is -0.378 e. The van der Waals surface area contributed by atoms with Crippen LogP contribution < -0.4 is 0 Å². The van der Waals surface area contributed by atoms with E-state index in [2.05, 4.69) is 6.07 Å². The number of thiophene rings is 1. The molecule has 1 saturated heterocycles. The number of ketones is 1. The molecule has 0 amide bonds. The van der Waals surface area contributed by atoms with Crippen molar-refractivity contribution in [3.05, 3.63) is 21.4 Å². The van der Waals surface area contributed by atoms with E-state index in [0.717, 1.165) is 30.7 Å². The minimum atomic E-state index is 0.327. The van der Waals surface area contributed by atoms with Gasteiger partial charge in [0.1, 0.15) is 0 Å². The Bertz CT molecular complexity index is 420. The summed E-state index contributed by atoms with van der Waals surface area (Å²) < 4.78 is 5.59. The second kappa shape index (κ2) is 6.19. The molecule has 0 bridgehead atoms. The summed E-state index contributed by atoms with van der Waals surface area (Å²) in [6.07, 6.45) is 10.4. The van der Waals surface area contributed by atoms with Gasteiger partial charge in [0.2, 0.25) is 0 Å². The van der Waals surface area contributed by atoms with Crippen LogP contribution in [0.15, 0.2) is 6.07 Å². The first-order chi connectivity index (χ1) is 9.33. The summed E-state index contributed by atoms with van der Waals surface area (Å²) in [5.41, 5.74) is 1.45. The average molecular weight is 278 g/mol. The molecule has 0 aromatic carbocycles. The summed E-state index contributed by atoms with van der Waals surface area (Å²) >= 11 is 1.75. The van der Waals surface area contributed by atoms with Crippen LogP contribution in [0.3, 0.4) is 0 Å². The van der Waals surface area contributed by atoms with Gasteiger partial charge in [0.15, 0.2) is 5.78 Å². The number of ether oxygens (including phenoxy) is 1. The maximum Gasteiger partial charge on any atom is 0.172 e. The monoisotopic (exact) mass is 278 g/mol. The maximum atomic E-state index is 12.3. The smallest absolute Gasteiger partial charge is 0.172 e. The molecule has 0 saturated carbocycles. The predicted molar refractivity (Wildman–Crippen MR) is 78.1 cm³/mol. The molecule has 3 heteroatoms. The molecule has 0 N–H and O–H groups in total. The molecule has 0 radical (unpaired) electrons. The first kappa shape index (κ1) is 13.3. The number of Topliss-reactive ketones (excluding diaryl/α,β-unsaturated/α-hetero) is 1. The normalized spacial score (nSPS) is 23.1. The molecule has 1 aliphatic carbocycles. The fourth-order valence-electron chi connectivity index (χ4n) is 3.09. The molecule has 1 fully saturated rings. The molecule has 1 aromatic rings. The van der Waals surface area contributed by atoms with Crippen molar-refractivity contribution in [2.24, 2.45) is 0 Å². The Labute approximate surface area is 119 Å². The van der Waals surface area contributed by atoms with Crippen molar-refractivity contribution in [3.8, 4) is 0 Å². The van der Waals surface area contributed by atoms with E-state index in [1.807, 2.05) is 0 Å². The summed E-state index contributed by atoms with van der Waals surface area (Å²) in [7, 11) is 0. The van der Waals surface area contributed by atoms with Gasteiger partial charge < -0.3 is 4.74 Å². The minimum absolute atomic E-state index is 0.327. The molecule has 2 aliphatic rings. The van der Waals surface area contributed by atoms with Crippen molar-refractivity contribution in [2.75, 3.05) is 6.61 Å². The lowest BCUT2D eigenvalue weighted by Crippen LogP contribution is -2.08. The third kappa shape index (κ3) is 3.26. The van der Waals surface area contributed by atoms with Crippen molar-refractivity contribution in [3.63, 3.8) is 0 Å². The quantitative estimate of drug-likeness (QED) is 0.610. The zero-order valence-corrected chi connectivity index (χ0v) is 12.3. The van der Waals surface area contributed by atoms with Gasteiger partial charge in [0, 0.05) is 17.9 Å². The van der Waals surface area contributed by atoms with E-state index in [0.29, 0.717) is 18.3 Å². The largest absolute Gasteiger partial charge is 0.378 e. The van der Waals surface area contributed by atoms with Gasteiger partial charge in [-0.05, 0) is 56.6 Å². The molecule has 1 aromatic heterocycles. The van der Waals surface area contributed by atoms with Gasteiger partial charge in [0.05, 0.1) is 11.0 Å². The van der Waals surface area contributed by atoms with E-state index < -0.39 is 0 Å². The Morgan fingerprint density at radius 3 is 3.00 bits per heavy atom. The Morgan fingerprint density at radius 1 is 1.26 bits per heavy atom. The van der Waals surface area contributed by atoms with E-state index in [1.54, 1.807) is 11.3 Å². The molecule has 1 aliphatic heterocycles. The molecular formula is C16H22O2S. The maximum absolute atomic E-state index is 12.3. The molecule has 19 heavy (non-hydrogen) atoms. The number of carbonyl (C=O) groups excluding carboxylic acids is 1. The average Bonchev–Trinajstić information content (AvgIpc) is 3.02. The van der Waals surface area contributed by atoms with Crippen molar-refractivity contribution in [2.45, 2.75) is 63.9 Å². The third-order valence-electron chi connectivity index (χ3n) is 4.24. The molecule has 1 atom stereocenters. The van der Waals surface area contributed by atoms with Crippen LogP contribution in [0.2, 0.25) is 0 Å². The number of carbonyl (C=O) groups is 1. The highest BCUT2D eigenvalue weighted by atomic mass is 32.1. The third-order valence-corrected chi connectivity index (χ3v) is 5.52. The molecule has 3 rings (SSSR count). The van der Waals surface area contributed by atoms with Crippen LogP contribution in [0.25, 0.3) is 0 Å². The van der Waals surface area contributed by atoms with Gasteiger partial charge in [-0.25, -0.2) is 0 Å². The Morgan fingerprint density at radius 2 is 2.16 bits per heavy atom. The number of hydrogen-bond donors (Lipinski definition) is 0. The van der Waals surface area contributed by atoms with Crippen LogP contribution in [0.1, 0.15) is 65.1 Å². The highest BCUT2D eigenvalue weighted by molar-refractivity contribution is 7.14. The molecule has 1 unspecified atom stereocenters. The van der Waals surface area contributed by atoms with Crippen molar-refractivity contribution in [1.82, 2.24) is 0 Å². The first-order valence-electron chi connectivity index (χ1n) is 7.59. The Kier molecular flexibility index (Phi) is 4.34. The number of hydrogen-bond acceptors (Lipinski definition) is 3. The van der Waals surface area contributed by atoms with Crippen LogP contribution >= 0.6 is 11.3 Å². The van der Waals surface area contributed by atoms with Gasteiger partial charge in [-0.1, -0.05) is 6.42 Å². The zero-order valence-electron chi connectivity index (χ0n) is 11.5. The number of aryl methyl sites for hydroxylation is 2. The summed E-state index contributed by atoms with van der Waals surface area (Å²) in [6, 6.07) is 2.17. The number of fused-ring (bicyclic) bond motifs is 1. The van der Waals surface area contributed by atoms with E-state index in [9.17, 15) is 4.79 Å². The van der Waals surface area contributed by atoms with Crippen LogP contribution in [0, 0.1) is 0 Å². The van der Waals surface area contributed by atoms with Crippen LogP contribution in [0.4, 0.5) is 0 Å². The molecule has 2 nitrogen and oxygen atoms in total. The molecule has 104 valence electrons. The fourth-order valence-corrected chi connectivity index (χ4v) is 4.31. The topological polar surface area (TPSA) is 26.3 Å². The van der Waals surface area contributed by atoms with Gasteiger partial charge in [-0.15, -0.1) is 11.3 Å². The number of rotatable bonds is 4.